The Morgan fingerprint density at radius 1 is 1.53 bits per heavy atom. The summed E-state index contributed by atoms with van der Waals surface area (Å²) in [6.07, 6.45) is 8.72. The first-order valence-electron chi connectivity index (χ1n) is 6.37. The average Bonchev–Trinajstić information content (AvgIpc) is 2.29. The minimum atomic E-state index is 0.188. The number of nitrogens with zero attached hydrogens (tertiary/aromatic N) is 1. The lowest BCUT2D eigenvalue weighted by molar-refractivity contribution is 0.261. The molecule has 0 aliphatic heterocycles. The van der Waals surface area contributed by atoms with Crippen LogP contribution in [0.25, 0.3) is 0 Å². The molecule has 1 aliphatic rings. The van der Waals surface area contributed by atoms with Crippen LogP contribution in [0.4, 0.5) is 0 Å². The monoisotopic (exact) mass is 235 g/mol. The van der Waals surface area contributed by atoms with Gasteiger partial charge in [-0.05, 0) is 30.9 Å². The van der Waals surface area contributed by atoms with Crippen LogP contribution in [-0.4, -0.2) is 11.6 Å². The molecule has 0 amide bonds. The number of hydrogen-bond donors (Lipinski definition) is 2. The van der Waals surface area contributed by atoms with Crippen LogP contribution in [0.15, 0.2) is 18.5 Å². The summed E-state index contributed by atoms with van der Waals surface area (Å²) in [5, 5.41) is 0. The molecule has 1 aromatic rings. The molecule has 0 bridgehead atoms. The first kappa shape index (κ1) is 12.3. The smallest absolute Gasteiger partial charge is 0.137 e. The number of pyridine rings is 1. The second-order valence-corrected chi connectivity index (χ2v) is 4.64. The third kappa shape index (κ3) is 3.17. The van der Waals surface area contributed by atoms with E-state index in [0.29, 0.717) is 6.61 Å². The van der Waals surface area contributed by atoms with Crippen molar-refractivity contribution in [1.29, 1.82) is 0 Å². The van der Waals surface area contributed by atoms with Gasteiger partial charge in [0.1, 0.15) is 5.75 Å². The van der Waals surface area contributed by atoms with Crippen LogP contribution in [0.3, 0.4) is 0 Å². The fourth-order valence-electron chi connectivity index (χ4n) is 2.23. The van der Waals surface area contributed by atoms with E-state index in [1.165, 1.54) is 19.3 Å². The number of nitrogens with one attached hydrogen (secondary N) is 1. The van der Waals surface area contributed by atoms with E-state index in [9.17, 15) is 0 Å². The van der Waals surface area contributed by atoms with Gasteiger partial charge in [0, 0.05) is 12.2 Å². The van der Waals surface area contributed by atoms with Gasteiger partial charge in [-0.25, -0.2) is 0 Å². The molecular weight excluding hydrogens is 214 g/mol. The lowest BCUT2D eigenvalue weighted by atomic mass is 9.80. The highest BCUT2D eigenvalue weighted by atomic mass is 16.5. The van der Waals surface area contributed by atoms with Crippen molar-refractivity contribution in [3.05, 3.63) is 24.0 Å². The van der Waals surface area contributed by atoms with E-state index in [1.54, 1.807) is 6.20 Å². The molecule has 4 nitrogen and oxygen atoms in total. The van der Waals surface area contributed by atoms with Crippen LogP contribution in [0, 0.1) is 5.92 Å². The number of aromatic nitrogens is 1. The van der Waals surface area contributed by atoms with Crippen molar-refractivity contribution in [1.82, 2.24) is 10.4 Å². The zero-order valence-corrected chi connectivity index (χ0v) is 10.4. The van der Waals surface area contributed by atoms with Crippen LogP contribution in [-0.2, 0) is 0 Å². The largest absolute Gasteiger partial charge is 0.492 e. The molecular formula is C13H21N3O. The molecule has 1 fully saturated rings. The Labute approximate surface area is 103 Å². The zero-order chi connectivity index (χ0) is 12.1. The molecule has 1 atom stereocenters. The molecule has 4 heteroatoms. The summed E-state index contributed by atoms with van der Waals surface area (Å²) in [6, 6.07) is 2.22. The quantitative estimate of drug-likeness (QED) is 0.586. The number of ether oxygens (including phenoxy) is 1. The van der Waals surface area contributed by atoms with E-state index in [2.05, 4.69) is 10.4 Å². The topological polar surface area (TPSA) is 60.2 Å². The van der Waals surface area contributed by atoms with E-state index >= 15 is 0 Å². The zero-order valence-electron chi connectivity index (χ0n) is 10.4. The van der Waals surface area contributed by atoms with E-state index < -0.39 is 0 Å². The first-order valence-corrected chi connectivity index (χ1v) is 6.37. The summed E-state index contributed by atoms with van der Waals surface area (Å²) in [7, 11) is 0. The fourth-order valence-corrected chi connectivity index (χ4v) is 2.23. The molecule has 1 aromatic heterocycles. The molecule has 1 aliphatic carbocycles. The fraction of sp³-hybridized carbons (Fsp3) is 0.615. The summed E-state index contributed by atoms with van der Waals surface area (Å²) < 4.78 is 5.46. The maximum absolute atomic E-state index is 5.64. The second-order valence-electron chi connectivity index (χ2n) is 4.64. The third-order valence-corrected chi connectivity index (χ3v) is 3.44. The Morgan fingerprint density at radius 3 is 2.94 bits per heavy atom. The van der Waals surface area contributed by atoms with Gasteiger partial charge in [0.15, 0.2) is 0 Å². The van der Waals surface area contributed by atoms with Crippen molar-refractivity contribution in [3.63, 3.8) is 0 Å². The number of nitrogens with two attached hydrogens (primary N) is 1. The summed E-state index contributed by atoms with van der Waals surface area (Å²) >= 11 is 0. The highest BCUT2D eigenvalue weighted by Crippen LogP contribution is 2.34. The normalized spacial score (nSPS) is 17.5. The minimum absolute atomic E-state index is 0.188. The Kier molecular flexibility index (Phi) is 4.34. The van der Waals surface area contributed by atoms with Gasteiger partial charge in [-0.1, -0.05) is 19.3 Å². The standard InChI is InChI=1S/C13H21N3O/c1-2-17-12-7-11(8-15-9-12)13(16-14)6-10-4-3-5-10/h7-10,13,16H,2-6,14H2,1H3. The van der Waals surface area contributed by atoms with Crippen LogP contribution in [0.5, 0.6) is 5.75 Å². The van der Waals surface area contributed by atoms with Gasteiger partial charge in [-0.15, -0.1) is 0 Å². The van der Waals surface area contributed by atoms with Crippen LogP contribution in [0.1, 0.15) is 44.2 Å². The van der Waals surface area contributed by atoms with Crippen molar-refractivity contribution in [2.24, 2.45) is 11.8 Å². The van der Waals surface area contributed by atoms with E-state index in [4.69, 9.17) is 10.6 Å². The number of hydrogen-bond acceptors (Lipinski definition) is 4. The van der Waals surface area contributed by atoms with Gasteiger partial charge in [-0.2, -0.15) is 0 Å². The SMILES string of the molecule is CCOc1cncc(C(CC2CCC2)NN)c1. The van der Waals surface area contributed by atoms with Crippen molar-refractivity contribution < 1.29 is 4.74 Å². The highest BCUT2D eigenvalue weighted by molar-refractivity contribution is 5.26. The van der Waals surface area contributed by atoms with Crippen molar-refractivity contribution in [2.75, 3.05) is 6.61 Å². The van der Waals surface area contributed by atoms with Crippen LogP contribution < -0.4 is 16.0 Å². The van der Waals surface area contributed by atoms with Crippen molar-refractivity contribution in [3.8, 4) is 5.75 Å². The summed E-state index contributed by atoms with van der Waals surface area (Å²) in [4.78, 5) is 4.20. The van der Waals surface area contributed by atoms with Gasteiger partial charge >= 0.3 is 0 Å². The predicted octanol–water partition coefficient (Wildman–Crippen LogP) is 2.17. The molecule has 0 spiro atoms. The molecule has 17 heavy (non-hydrogen) atoms. The van der Waals surface area contributed by atoms with Crippen LogP contribution in [0.2, 0.25) is 0 Å². The van der Waals surface area contributed by atoms with E-state index in [-0.39, 0.29) is 6.04 Å². The summed E-state index contributed by atoms with van der Waals surface area (Å²) in [6.45, 7) is 2.63. The van der Waals surface area contributed by atoms with Crippen molar-refractivity contribution in [2.45, 2.75) is 38.6 Å². The van der Waals surface area contributed by atoms with Gasteiger partial charge in [0.25, 0.3) is 0 Å². The Hall–Kier alpha value is -1.13. The minimum Gasteiger partial charge on any atom is -0.492 e. The third-order valence-electron chi connectivity index (χ3n) is 3.44. The molecule has 1 unspecified atom stereocenters. The van der Waals surface area contributed by atoms with Gasteiger partial charge in [0.05, 0.1) is 12.8 Å². The number of hydrazine groups is 1. The predicted molar refractivity (Wildman–Crippen MR) is 67.4 cm³/mol. The summed E-state index contributed by atoms with van der Waals surface area (Å²) in [5.41, 5.74) is 4.01. The molecule has 0 radical (unpaired) electrons. The van der Waals surface area contributed by atoms with E-state index in [0.717, 1.165) is 23.7 Å². The molecule has 1 heterocycles. The molecule has 3 N–H and O–H groups in total. The molecule has 94 valence electrons. The van der Waals surface area contributed by atoms with Crippen LogP contribution >= 0.6 is 0 Å². The first-order chi connectivity index (χ1) is 8.33. The second kappa shape index (κ2) is 5.98. The van der Waals surface area contributed by atoms with Gasteiger partial charge in [0.2, 0.25) is 0 Å². The average molecular weight is 235 g/mol. The lowest BCUT2D eigenvalue weighted by Gasteiger charge is -2.29. The summed E-state index contributed by atoms with van der Waals surface area (Å²) in [5.74, 6) is 7.27. The van der Waals surface area contributed by atoms with Crippen molar-refractivity contribution >= 4 is 0 Å². The molecule has 1 saturated carbocycles. The van der Waals surface area contributed by atoms with Gasteiger partial charge < -0.3 is 4.74 Å². The lowest BCUT2D eigenvalue weighted by Crippen LogP contribution is -2.31. The maximum Gasteiger partial charge on any atom is 0.137 e. The number of rotatable bonds is 6. The molecule has 0 saturated heterocycles. The molecule has 2 rings (SSSR count). The maximum atomic E-state index is 5.64. The Morgan fingerprint density at radius 2 is 2.35 bits per heavy atom. The Balaban J connectivity index is 2.03. The molecule has 0 aromatic carbocycles. The Bertz CT molecular complexity index is 352. The van der Waals surface area contributed by atoms with E-state index in [1.807, 2.05) is 19.2 Å². The van der Waals surface area contributed by atoms with Gasteiger partial charge in [-0.3, -0.25) is 16.3 Å². The highest BCUT2D eigenvalue weighted by Gasteiger charge is 2.22.